The Labute approximate surface area is 142 Å². The van der Waals surface area contributed by atoms with E-state index in [-0.39, 0.29) is 24.1 Å². The molecule has 0 aromatic heterocycles. The number of hydrogen-bond donors (Lipinski definition) is 0. The summed E-state index contributed by atoms with van der Waals surface area (Å²) in [7, 11) is 0. The molecule has 2 aromatic carbocycles. The second-order valence-corrected chi connectivity index (χ2v) is 6.77. The van der Waals surface area contributed by atoms with E-state index in [0.717, 1.165) is 22.3 Å². The topological polar surface area (TPSA) is 43.4 Å². The fourth-order valence-electron chi connectivity index (χ4n) is 3.43. The van der Waals surface area contributed by atoms with Crippen LogP contribution in [0.15, 0.2) is 30.3 Å². The molecule has 0 saturated carbocycles. The molecular weight excluding hydrogens is 300 g/mol. The summed E-state index contributed by atoms with van der Waals surface area (Å²) >= 11 is 0. The molecule has 1 aliphatic rings. The molecule has 0 N–H and O–H groups in total. The maximum Gasteiger partial charge on any atom is 0.315 e. The molecule has 0 saturated heterocycles. The molecule has 3 heteroatoms. The summed E-state index contributed by atoms with van der Waals surface area (Å²) in [6.45, 7) is 8.10. The van der Waals surface area contributed by atoms with Crippen LogP contribution < -0.4 is 4.74 Å². The van der Waals surface area contributed by atoms with Gasteiger partial charge >= 0.3 is 5.97 Å². The predicted molar refractivity (Wildman–Crippen MR) is 93.8 cm³/mol. The molecule has 0 heterocycles. The van der Waals surface area contributed by atoms with E-state index in [2.05, 4.69) is 0 Å². The average Bonchev–Trinajstić information content (AvgIpc) is 2.82. The van der Waals surface area contributed by atoms with Gasteiger partial charge in [0.25, 0.3) is 0 Å². The Bertz CT molecular complexity index is 833. The van der Waals surface area contributed by atoms with E-state index in [1.807, 2.05) is 52.0 Å². The van der Waals surface area contributed by atoms with Crippen LogP contribution in [0.25, 0.3) is 0 Å². The number of benzene rings is 2. The van der Waals surface area contributed by atoms with Crippen LogP contribution in [-0.4, -0.2) is 11.8 Å². The standard InChI is InChI=1S/C21H22O3/c1-12-5-7-16(9-14(12)3)11-19(23)24-18-8-6-13(2)20-15(4)10-17(22)21(18)20/h5-9,15H,10-11H2,1-4H3. The molecule has 0 aliphatic heterocycles. The minimum Gasteiger partial charge on any atom is -0.425 e. The molecule has 0 bridgehead atoms. The van der Waals surface area contributed by atoms with E-state index in [1.54, 1.807) is 6.07 Å². The first kappa shape index (κ1) is 16.4. The number of carbonyl (C=O) groups is 2. The van der Waals surface area contributed by atoms with Crippen LogP contribution in [0.1, 0.15) is 57.4 Å². The quantitative estimate of drug-likeness (QED) is 0.619. The number of carbonyl (C=O) groups excluding carboxylic acids is 2. The number of ether oxygens (including phenoxy) is 1. The van der Waals surface area contributed by atoms with Gasteiger partial charge in [0.05, 0.1) is 12.0 Å². The Balaban J connectivity index is 1.83. The van der Waals surface area contributed by atoms with E-state index < -0.39 is 0 Å². The molecule has 0 spiro atoms. The lowest BCUT2D eigenvalue weighted by atomic mass is 9.97. The highest BCUT2D eigenvalue weighted by atomic mass is 16.5. The second-order valence-electron chi connectivity index (χ2n) is 6.77. The number of fused-ring (bicyclic) bond motifs is 1. The molecule has 124 valence electrons. The lowest BCUT2D eigenvalue weighted by molar-refractivity contribution is -0.133. The predicted octanol–water partition coefficient (Wildman–Crippen LogP) is 4.45. The Morgan fingerprint density at radius 2 is 1.79 bits per heavy atom. The Hall–Kier alpha value is -2.42. The summed E-state index contributed by atoms with van der Waals surface area (Å²) in [6, 6.07) is 9.61. The smallest absolute Gasteiger partial charge is 0.315 e. The van der Waals surface area contributed by atoms with Crippen LogP contribution in [0.2, 0.25) is 0 Å². The molecule has 3 rings (SSSR count). The van der Waals surface area contributed by atoms with E-state index in [0.29, 0.717) is 17.7 Å². The monoisotopic (exact) mass is 322 g/mol. The molecule has 1 aliphatic carbocycles. The van der Waals surface area contributed by atoms with Gasteiger partial charge in [0.1, 0.15) is 5.75 Å². The molecule has 0 amide bonds. The highest BCUT2D eigenvalue weighted by Crippen LogP contribution is 2.40. The van der Waals surface area contributed by atoms with E-state index in [9.17, 15) is 9.59 Å². The van der Waals surface area contributed by atoms with Crippen molar-refractivity contribution < 1.29 is 14.3 Å². The van der Waals surface area contributed by atoms with Gasteiger partial charge in [0.2, 0.25) is 0 Å². The number of aryl methyl sites for hydroxylation is 3. The van der Waals surface area contributed by atoms with Gasteiger partial charge in [-0.1, -0.05) is 31.2 Å². The third-order valence-corrected chi connectivity index (χ3v) is 4.83. The van der Waals surface area contributed by atoms with Crippen LogP contribution in [0.4, 0.5) is 0 Å². The fraction of sp³-hybridized carbons (Fsp3) is 0.333. The normalized spacial score (nSPS) is 16.2. The van der Waals surface area contributed by atoms with Gasteiger partial charge in [0, 0.05) is 6.42 Å². The van der Waals surface area contributed by atoms with Crippen molar-refractivity contribution in [3.8, 4) is 5.75 Å². The average molecular weight is 322 g/mol. The zero-order valence-electron chi connectivity index (χ0n) is 14.6. The Kier molecular flexibility index (Phi) is 4.27. The lowest BCUT2D eigenvalue weighted by Gasteiger charge is -2.12. The minimum atomic E-state index is -0.336. The van der Waals surface area contributed by atoms with Crippen molar-refractivity contribution in [1.29, 1.82) is 0 Å². The van der Waals surface area contributed by atoms with Gasteiger partial charge in [-0.2, -0.15) is 0 Å². The first-order chi connectivity index (χ1) is 11.4. The van der Waals surface area contributed by atoms with Crippen LogP contribution in [0, 0.1) is 20.8 Å². The Morgan fingerprint density at radius 3 is 2.50 bits per heavy atom. The highest BCUT2D eigenvalue weighted by molar-refractivity contribution is 6.04. The molecule has 0 radical (unpaired) electrons. The summed E-state index contributed by atoms with van der Waals surface area (Å²) in [6.07, 6.45) is 0.690. The second kappa shape index (κ2) is 6.23. The van der Waals surface area contributed by atoms with Crippen molar-refractivity contribution in [2.45, 2.75) is 46.5 Å². The van der Waals surface area contributed by atoms with Crippen molar-refractivity contribution in [2.75, 3.05) is 0 Å². The molecule has 1 unspecified atom stereocenters. The van der Waals surface area contributed by atoms with E-state index >= 15 is 0 Å². The van der Waals surface area contributed by atoms with Crippen molar-refractivity contribution in [3.05, 3.63) is 63.7 Å². The van der Waals surface area contributed by atoms with Gasteiger partial charge in [-0.3, -0.25) is 9.59 Å². The van der Waals surface area contributed by atoms with Gasteiger partial charge in [-0.15, -0.1) is 0 Å². The van der Waals surface area contributed by atoms with Gasteiger partial charge < -0.3 is 4.74 Å². The molecule has 3 nitrogen and oxygen atoms in total. The minimum absolute atomic E-state index is 0.0650. The summed E-state index contributed by atoms with van der Waals surface area (Å²) in [4.78, 5) is 24.6. The third-order valence-electron chi connectivity index (χ3n) is 4.83. The maximum absolute atomic E-state index is 12.3. The van der Waals surface area contributed by atoms with Gasteiger partial charge in [0.15, 0.2) is 5.78 Å². The van der Waals surface area contributed by atoms with Crippen molar-refractivity contribution in [3.63, 3.8) is 0 Å². The maximum atomic E-state index is 12.3. The number of rotatable bonds is 3. The zero-order chi connectivity index (χ0) is 17.4. The first-order valence-electron chi connectivity index (χ1n) is 8.30. The SMILES string of the molecule is Cc1ccc(CC(=O)Oc2ccc(C)c3c2C(=O)CC3C)cc1C. The molecule has 1 atom stereocenters. The first-order valence-corrected chi connectivity index (χ1v) is 8.30. The van der Waals surface area contributed by atoms with Crippen molar-refractivity contribution in [1.82, 2.24) is 0 Å². The zero-order valence-corrected chi connectivity index (χ0v) is 14.6. The molecule has 0 fully saturated rings. The summed E-state index contributed by atoms with van der Waals surface area (Å²) < 4.78 is 5.55. The van der Waals surface area contributed by atoms with Crippen LogP contribution >= 0.6 is 0 Å². The largest absolute Gasteiger partial charge is 0.425 e. The summed E-state index contributed by atoms with van der Waals surface area (Å²) in [5.41, 5.74) is 5.97. The summed E-state index contributed by atoms with van der Waals surface area (Å²) in [5.74, 6) is 0.316. The van der Waals surface area contributed by atoms with Crippen molar-refractivity contribution in [2.24, 2.45) is 0 Å². The van der Waals surface area contributed by atoms with Gasteiger partial charge in [-0.05, 0) is 60.6 Å². The van der Waals surface area contributed by atoms with E-state index in [4.69, 9.17) is 4.74 Å². The van der Waals surface area contributed by atoms with E-state index in [1.165, 1.54) is 5.56 Å². The number of ketones is 1. The number of esters is 1. The van der Waals surface area contributed by atoms with Crippen molar-refractivity contribution >= 4 is 11.8 Å². The highest BCUT2D eigenvalue weighted by Gasteiger charge is 2.31. The van der Waals surface area contributed by atoms with Gasteiger partial charge in [-0.25, -0.2) is 0 Å². The van der Waals surface area contributed by atoms with Crippen LogP contribution in [0.5, 0.6) is 5.75 Å². The molecule has 2 aromatic rings. The Morgan fingerprint density at radius 1 is 1.08 bits per heavy atom. The van der Waals surface area contributed by atoms with Crippen LogP contribution in [-0.2, 0) is 11.2 Å². The van der Waals surface area contributed by atoms with Crippen LogP contribution in [0.3, 0.4) is 0 Å². The summed E-state index contributed by atoms with van der Waals surface area (Å²) in [5, 5.41) is 0. The third kappa shape index (κ3) is 2.99. The fourth-order valence-corrected chi connectivity index (χ4v) is 3.43. The number of Topliss-reactive ketones (excluding diaryl/α,β-unsaturated/α-hetero) is 1. The lowest BCUT2D eigenvalue weighted by Crippen LogP contribution is -2.13. The molecule has 24 heavy (non-hydrogen) atoms. The molecular formula is C21H22O3. The number of hydrogen-bond acceptors (Lipinski definition) is 3.